The molecule has 0 aliphatic carbocycles. The highest BCUT2D eigenvalue weighted by Gasteiger charge is 2.06. The van der Waals surface area contributed by atoms with Gasteiger partial charge in [-0.2, -0.15) is 0 Å². The Hall–Kier alpha value is -0.980. The molecule has 0 aliphatic rings. The normalized spacial score (nSPS) is 14.2. The summed E-state index contributed by atoms with van der Waals surface area (Å²) >= 11 is 0. The van der Waals surface area contributed by atoms with Crippen molar-refractivity contribution in [3.63, 3.8) is 0 Å². The Balaban J connectivity index is 2.56. The van der Waals surface area contributed by atoms with E-state index in [1.807, 2.05) is 0 Å². The summed E-state index contributed by atoms with van der Waals surface area (Å²) in [6.07, 6.45) is 6.29. The first-order chi connectivity index (χ1) is 8.71. The van der Waals surface area contributed by atoms with E-state index in [4.69, 9.17) is 0 Å². The molecular formula is C17H29N. The summed E-state index contributed by atoms with van der Waals surface area (Å²) in [7, 11) is 0. The van der Waals surface area contributed by atoms with Crippen LogP contribution in [0, 0.1) is 0 Å². The molecule has 0 saturated carbocycles. The molecule has 1 rings (SSSR count). The van der Waals surface area contributed by atoms with Crippen molar-refractivity contribution in [1.29, 1.82) is 0 Å². The maximum absolute atomic E-state index is 3.65. The first-order valence-corrected chi connectivity index (χ1v) is 7.57. The average molecular weight is 247 g/mol. The Labute approximate surface area is 113 Å². The van der Waals surface area contributed by atoms with Crippen LogP contribution in [0.2, 0.25) is 0 Å². The van der Waals surface area contributed by atoms with Crippen molar-refractivity contribution in [2.24, 2.45) is 0 Å². The maximum Gasteiger partial charge on any atom is 0.0342 e. The minimum Gasteiger partial charge on any atom is -0.382 e. The largest absolute Gasteiger partial charge is 0.382 e. The molecule has 2 unspecified atom stereocenters. The van der Waals surface area contributed by atoms with Crippen LogP contribution >= 0.6 is 0 Å². The van der Waals surface area contributed by atoms with Crippen LogP contribution in [-0.4, -0.2) is 6.04 Å². The zero-order valence-electron chi connectivity index (χ0n) is 12.5. The lowest BCUT2D eigenvalue weighted by atomic mass is 9.98. The lowest BCUT2D eigenvalue weighted by Gasteiger charge is -2.18. The number of unbranched alkanes of at least 4 members (excludes halogenated alkanes) is 1. The van der Waals surface area contributed by atoms with Crippen LogP contribution in [0.15, 0.2) is 24.3 Å². The van der Waals surface area contributed by atoms with E-state index in [1.54, 1.807) is 0 Å². The predicted octanol–water partition coefficient (Wildman–Crippen LogP) is 5.58. The first-order valence-electron chi connectivity index (χ1n) is 7.57. The van der Waals surface area contributed by atoms with Crippen LogP contribution in [0.5, 0.6) is 0 Å². The van der Waals surface area contributed by atoms with Crippen LogP contribution in [0.3, 0.4) is 0 Å². The molecule has 1 N–H and O–H groups in total. The highest BCUT2D eigenvalue weighted by molar-refractivity contribution is 5.45. The summed E-state index contributed by atoms with van der Waals surface area (Å²) in [6.45, 7) is 9.06. The van der Waals surface area contributed by atoms with Gasteiger partial charge in [-0.1, -0.05) is 52.7 Å². The van der Waals surface area contributed by atoms with E-state index in [1.165, 1.54) is 43.4 Å². The van der Waals surface area contributed by atoms with Crippen molar-refractivity contribution in [1.82, 2.24) is 0 Å². The van der Waals surface area contributed by atoms with Gasteiger partial charge in [0.25, 0.3) is 0 Å². The summed E-state index contributed by atoms with van der Waals surface area (Å²) < 4.78 is 0. The second-order valence-corrected chi connectivity index (χ2v) is 5.32. The summed E-state index contributed by atoms with van der Waals surface area (Å²) in [5.41, 5.74) is 2.72. The maximum atomic E-state index is 3.65. The number of hydrogen-bond acceptors (Lipinski definition) is 1. The molecule has 18 heavy (non-hydrogen) atoms. The Morgan fingerprint density at radius 1 is 1.00 bits per heavy atom. The third-order valence-electron chi connectivity index (χ3n) is 3.86. The lowest BCUT2D eigenvalue weighted by molar-refractivity contribution is 0.593. The Bertz CT molecular complexity index is 315. The fraction of sp³-hybridized carbons (Fsp3) is 0.647. The SMILES string of the molecule is CCCCC(CC)Nc1ccc(C(C)CC)cc1. The minimum absolute atomic E-state index is 0.624. The van der Waals surface area contributed by atoms with Gasteiger partial charge in [0.15, 0.2) is 0 Å². The molecule has 0 radical (unpaired) electrons. The molecular weight excluding hydrogens is 218 g/mol. The van der Waals surface area contributed by atoms with Crippen molar-refractivity contribution >= 4 is 5.69 Å². The highest BCUT2D eigenvalue weighted by atomic mass is 14.9. The van der Waals surface area contributed by atoms with E-state index in [-0.39, 0.29) is 0 Å². The first kappa shape index (κ1) is 15.1. The molecule has 0 bridgehead atoms. The van der Waals surface area contributed by atoms with E-state index in [0.29, 0.717) is 12.0 Å². The van der Waals surface area contributed by atoms with E-state index >= 15 is 0 Å². The van der Waals surface area contributed by atoms with Gasteiger partial charge >= 0.3 is 0 Å². The van der Waals surface area contributed by atoms with E-state index in [2.05, 4.69) is 57.3 Å². The standard InChI is InChI=1S/C17H29N/c1-5-8-9-16(7-3)18-17-12-10-15(11-13-17)14(4)6-2/h10-14,16,18H,5-9H2,1-4H3. The van der Waals surface area contributed by atoms with Crippen LogP contribution in [0.25, 0.3) is 0 Å². The number of nitrogens with one attached hydrogen (secondary N) is 1. The van der Waals surface area contributed by atoms with Crippen molar-refractivity contribution in [3.8, 4) is 0 Å². The van der Waals surface area contributed by atoms with Crippen LogP contribution in [0.4, 0.5) is 5.69 Å². The molecule has 1 nitrogen and oxygen atoms in total. The zero-order chi connectivity index (χ0) is 13.4. The summed E-state index contributed by atoms with van der Waals surface area (Å²) in [6, 6.07) is 9.62. The smallest absolute Gasteiger partial charge is 0.0342 e. The summed E-state index contributed by atoms with van der Waals surface area (Å²) in [5.74, 6) is 0.668. The molecule has 0 spiro atoms. The van der Waals surface area contributed by atoms with Gasteiger partial charge < -0.3 is 5.32 Å². The molecule has 0 aliphatic heterocycles. The van der Waals surface area contributed by atoms with E-state index in [0.717, 1.165) is 0 Å². The predicted molar refractivity (Wildman–Crippen MR) is 82.4 cm³/mol. The van der Waals surface area contributed by atoms with Gasteiger partial charge in [0.1, 0.15) is 0 Å². The van der Waals surface area contributed by atoms with Crippen molar-refractivity contribution in [2.45, 2.75) is 71.8 Å². The second-order valence-electron chi connectivity index (χ2n) is 5.32. The summed E-state index contributed by atoms with van der Waals surface area (Å²) in [4.78, 5) is 0. The van der Waals surface area contributed by atoms with Gasteiger partial charge in [-0.15, -0.1) is 0 Å². The molecule has 0 saturated heterocycles. The molecule has 2 atom stereocenters. The number of rotatable bonds is 8. The molecule has 1 aromatic rings. The van der Waals surface area contributed by atoms with Crippen LogP contribution < -0.4 is 5.32 Å². The summed E-state index contributed by atoms with van der Waals surface area (Å²) in [5, 5.41) is 3.65. The third kappa shape index (κ3) is 4.72. The second kappa shape index (κ2) is 8.18. The quantitative estimate of drug-likeness (QED) is 0.632. The number of anilines is 1. The molecule has 0 heterocycles. The number of hydrogen-bond donors (Lipinski definition) is 1. The van der Waals surface area contributed by atoms with Gasteiger partial charge in [0, 0.05) is 11.7 Å². The Morgan fingerprint density at radius 2 is 1.67 bits per heavy atom. The van der Waals surface area contributed by atoms with Crippen molar-refractivity contribution < 1.29 is 0 Å². The molecule has 0 aromatic heterocycles. The Kier molecular flexibility index (Phi) is 6.85. The van der Waals surface area contributed by atoms with Gasteiger partial charge in [-0.05, 0) is 42.9 Å². The molecule has 102 valence electrons. The van der Waals surface area contributed by atoms with Crippen molar-refractivity contribution in [2.75, 3.05) is 5.32 Å². The van der Waals surface area contributed by atoms with Gasteiger partial charge in [0.2, 0.25) is 0 Å². The molecule has 1 aromatic carbocycles. The molecule has 1 heteroatoms. The van der Waals surface area contributed by atoms with Gasteiger partial charge in [-0.25, -0.2) is 0 Å². The third-order valence-corrected chi connectivity index (χ3v) is 3.86. The Morgan fingerprint density at radius 3 is 2.17 bits per heavy atom. The van der Waals surface area contributed by atoms with Gasteiger partial charge in [-0.3, -0.25) is 0 Å². The molecule has 0 amide bonds. The fourth-order valence-corrected chi connectivity index (χ4v) is 2.21. The lowest BCUT2D eigenvalue weighted by Crippen LogP contribution is -2.18. The van der Waals surface area contributed by atoms with E-state index < -0.39 is 0 Å². The van der Waals surface area contributed by atoms with Crippen LogP contribution in [-0.2, 0) is 0 Å². The monoisotopic (exact) mass is 247 g/mol. The number of benzene rings is 1. The van der Waals surface area contributed by atoms with E-state index in [9.17, 15) is 0 Å². The molecule has 0 fully saturated rings. The topological polar surface area (TPSA) is 12.0 Å². The van der Waals surface area contributed by atoms with Crippen LogP contribution in [0.1, 0.15) is 71.3 Å². The highest BCUT2D eigenvalue weighted by Crippen LogP contribution is 2.21. The minimum atomic E-state index is 0.624. The zero-order valence-corrected chi connectivity index (χ0v) is 12.5. The average Bonchev–Trinajstić information content (AvgIpc) is 2.43. The fourth-order valence-electron chi connectivity index (χ4n) is 2.21. The van der Waals surface area contributed by atoms with Gasteiger partial charge in [0.05, 0.1) is 0 Å². The van der Waals surface area contributed by atoms with Crippen molar-refractivity contribution in [3.05, 3.63) is 29.8 Å².